The molecule has 0 saturated heterocycles. The van der Waals surface area contributed by atoms with E-state index in [0.717, 1.165) is 0 Å². The van der Waals surface area contributed by atoms with E-state index in [1.165, 1.54) is 0 Å². The quantitative estimate of drug-likeness (QED) is 0.514. The first-order chi connectivity index (χ1) is 5.57. The molecular weight excluding hydrogens is 154 g/mol. The molecule has 0 aliphatic carbocycles. The summed E-state index contributed by atoms with van der Waals surface area (Å²) in [6.07, 6.45) is 1.68. The van der Waals surface area contributed by atoms with Crippen molar-refractivity contribution in [2.45, 2.75) is 33.7 Å². The van der Waals surface area contributed by atoms with Crippen LogP contribution in [-0.4, -0.2) is 18.6 Å². The average molecular weight is 171 g/mol. The SMILES string of the molecule is CCOC(=O)/C(C)=C/NC(C)C. The van der Waals surface area contributed by atoms with Gasteiger partial charge in [0.25, 0.3) is 0 Å². The Morgan fingerprint density at radius 1 is 1.58 bits per heavy atom. The fraction of sp³-hybridized carbons (Fsp3) is 0.667. The van der Waals surface area contributed by atoms with E-state index in [1.54, 1.807) is 20.0 Å². The molecular formula is C9H17NO2. The normalized spacial score (nSPS) is 11.6. The summed E-state index contributed by atoms with van der Waals surface area (Å²) in [7, 11) is 0. The number of ether oxygens (including phenoxy) is 1. The van der Waals surface area contributed by atoms with Crippen molar-refractivity contribution in [1.29, 1.82) is 0 Å². The molecule has 0 amide bonds. The van der Waals surface area contributed by atoms with Gasteiger partial charge in [-0.05, 0) is 27.7 Å². The van der Waals surface area contributed by atoms with Gasteiger partial charge in [0.15, 0.2) is 0 Å². The third-order valence-corrected chi connectivity index (χ3v) is 1.23. The van der Waals surface area contributed by atoms with Crippen LogP contribution in [0.3, 0.4) is 0 Å². The second-order valence-corrected chi connectivity index (χ2v) is 2.87. The molecule has 0 aromatic carbocycles. The third kappa shape index (κ3) is 4.77. The molecule has 0 atom stereocenters. The van der Waals surface area contributed by atoms with E-state index in [2.05, 4.69) is 5.32 Å². The van der Waals surface area contributed by atoms with E-state index in [9.17, 15) is 4.79 Å². The van der Waals surface area contributed by atoms with Crippen molar-refractivity contribution in [2.75, 3.05) is 6.61 Å². The van der Waals surface area contributed by atoms with Gasteiger partial charge in [-0.2, -0.15) is 0 Å². The van der Waals surface area contributed by atoms with Gasteiger partial charge in [0.05, 0.1) is 6.61 Å². The van der Waals surface area contributed by atoms with Gasteiger partial charge in [-0.1, -0.05) is 0 Å². The van der Waals surface area contributed by atoms with Gasteiger partial charge in [-0.25, -0.2) is 4.79 Å². The molecule has 1 N–H and O–H groups in total. The van der Waals surface area contributed by atoms with Crippen molar-refractivity contribution in [3.8, 4) is 0 Å². The largest absolute Gasteiger partial charge is 0.463 e. The van der Waals surface area contributed by atoms with Crippen LogP contribution in [0.2, 0.25) is 0 Å². The molecule has 0 heterocycles. The maximum atomic E-state index is 11.0. The van der Waals surface area contributed by atoms with Crippen molar-refractivity contribution in [1.82, 2.24) is 5.32 Å². The fourth-order valence-corrected chi connectivity index (χ4v) is 0.596. The van der Waals surface area contributed by atoms with Crippen LogP contribution in [-0.2, 0) is 9.53 Å². The number of carbonyl (C=O) groups is 1. The Balaban J connectivity index is 3.90. The fourth-order valence-electron chi connectivity index (χ4n) is 0.596. The highest BCUT2D eigenvalue weighted by molar-refractivity contribution is 5.87. The van der Waals surface area contributed by atoms with Crippen LogP contribution in [0.25, 0.3) is 0 Å². The minimum atomic E-state index is -0.259. The highest BCUT2D eigenvalue weighted by Crippen LogP contribution is 1.94. The smallest absolute Gasteiger partial charge is 0.335 e. The zero-order valence-electron chi connectivity index (χ0n) is 8.18. The summed E-state index contributed by atoms with van der Waals surface area (Å²) in [6.45, 7) is 7.96. The number of hydrogen-bond acceptors (Lipinski definition) is 3. The predicted molar refractivity (Wildman–Crippen MR) is 48.7 cm³/mol. The molecule has 0 rings (SSSR count). The summed E-state index contributed by atoms with van der Waals surface area (Å²) in [5, 5.41) is 3.02. The predicted octanol–water partition coefficient (Wildman–Crippen LogP) is 1.45. The molecule has 0 unspecified atom stereocenters. The van der Waals surface area contributed by atoms with Crippen LogP contribution in [0.15, 0.2) is 11.8 Å². The van der Waals surface area contributed by atoms with Gasteiger partial charge in [0.2, 0.25) is 0 Å². The summed E-state index contributed by atoms with van der Waals surface area (Å²) in [4.78, 5) is 11.0. The molecule has 0 aromatic heterocycles. The Hall–Kier alpha value is -0.990. The van der Waals surface area contributed by atoms with Crippen molar-refractivity contribution in [3.05, 3.63) is 11.8 Å². The lowest BCUT2D eigenvalue weighted by atomic mass is 10.3. The summed E-state index contributed by atoms with van der Waals surface area (Å²) < 4.78 is 4.79. The molecule has 0 aliphatic heterocycles. The maximum Gasteiger partial charge on any atom is 0.335 e. The minimum Gasteiger partial charge on any atom is -0.463 e. The number of carbonyl (C=O) groups excluding carboxylic acids is 1. The Bertz CT molecular complexity index is 173. The highest BCUT2D eigenvalue weighted by Gasteiger charge is 2.03. The van der Waals surface area contributed by atoms with Gasteiger partial charge >= 0.3 is 5.97 Å². The van der Waals surface area contributed by atoms with Gasteiger partial charge in [-0.3, -0.25) is 0 Å². The van der Waals surface area contributed by atoms with E-state index < -0.39 is 0 Å². The monoisotopic (exact) mass is 171 g/mol. The topological polar surface area (TPSA) is 38.3 Å². The summed E-state index contributed by atoms with van der Waals surface area (Å²) in [5.74, 6) is -0.259. The number of hydrogen-bond donors (Lipinski definition) is 1. The Labute approximate surface area is 73.8 Å². The molecule has 3 heteroatoms. The molecule has 70 valence electrons. The lowest BCUT2D eigenvalue weighted by Gasteiger charge is -2.05. The van der Waals surface area contributed by atoms with E-state index >= 15 is 0 Å². The van der Waals surface area contributed by atoms with E-state index in [0.29, 0.717) is 18.2 Å². The van der Waals surface area contributed by atoms with Gasteiger partial charge in [0.1, 0.15) is 0 Å². The van der Waals surface area contributed by atoms with Crippen molar-refractivity contribution < 1.29 is 9.53 Å². The highest BCUT2D eigenvalue weighted by atomic mass is 16.5. The third-order valence-electron chi connectivity index (χ3n) is 1.23. The van der Waals surface area contributed by atoms with Crippen LogP contribution in [0, 0.1) is 0 Å². The number of nitrogens with one attached hydrogen (secondary N) is 1. The molecule has 3 nitrogen and oxygen atoms in total. The van der Waals surface area contributed by atoms with E-state index in [-0.39, 0.29) is 5.97 Å². The number of rotatable bonds is 4. The molecule has 0 spiro atoms. The van der Waals surface area contributed by atoms with E-state index in [1.807, 2.05) is 13.8 Å². The Morgan fingerprint density at radius 3 is 2.58 bits per heavy atom. The zero-order valence-corrected chi connectivity index (χ0v) is 8.18. The molecule has 0 aliphatic rings. The summed E-state index contributed by atoms with van der Waals surface area (Å²) in [5.41, 5.74) is 0.602. The summed E-state index contributed by atoms with van der Waals surface area (Å²) >= 11 is 0. The van der Waals surface area contributed by atoms with Gasteiger partial charge in [-0.15, -0.1) is 0 Å². The molecule has 0 saturated carbocycles. The lowest BCUT2D eigenvalue weighted by molar-refractivity contribution is -0.138. The number of esters is 1. The van der Waals surface area contributed by atoms with Crippen LogP contribution in [0.5, 0.6) is 0 Å². The van der Waals surface area contributed by atoms with E-state index in [4.69, 9.17) is 4.74 Å². The van der Waals surface area contributed by atoms with Crippen molar-refractivity contribution in [3.63, 3.8) is 0 Å². The Kier molecular flexibility index (Phi) is 5.17. The Morgan fingerprint density at radius 2 is 2.17 bits per heavy atom. The lowest BCUT2D eigenvalue weighted by Crippen LogP contribution is -2.18. The van der Waals surface area contributed by atoms with Crippen molar-refractivity contribution in [2.24, 2.45) is 0 Å². The molecule has 0 fully saturated rings. The zero-order chi connectivity index (χ0) is 9.56. The van der Waals surface area contributed by atoms with Crippen molar-refractivity contribution >= 4 is 5.97 Å². The van der Waals surface area contributed by atoms with Gasteiger partial charge in [0, 0.05) is 17.8 Å². The average Bonchev–Trinajstić information content (AvgIpc) is 2.00. The van der Waals surface area contributed by atoms with Crippen LogP contribution in [0.1, 0.15) is 27.7 Å². The van der Waals surface area contributed by atoms with Gasteiger partial charge < -0.3 is 10.1 Å². The molecule has 0 aromatic rings. The first-order valence-corrected chi connectivity index (χ1v) is 4.17. The van der Waals surface area contributed by atoms with Crippen LogP contribution in [0.4, 0.5) is 0 Å². The maximum absolute atomic E-state index is 11.0. The standard InChI is InChI=1S/C9H17NO2/c1-5-12-9(11)8(4)6-10-7(2)3/h6-7,10H,5H2,1-4H3/b8-6+. The molecule has 0 bridgehead atoms. The second-order valence-electron chi connectivity index (χ2n) is 2.87. The first kappa shape index (κ1) is 11.0. The summed E-state index contributed by atoms with van der Waals surface area (Å²) in [6, 6.07) is 0.342. The first-order valence-electron chi connectivity index (χ1n) is 4.17. The molecule has 12 heavy (non-hydrogen) atoms. The second kappa shape index (κ2) is 5.63. The van der Waals surface area contributed by atoms with Crippen LogP contribution < -0.4 is 5.32 Å². The molecule has 0 radical (unpaired) electrons. The van der Waals surface area contributed by atoms with Crippen LogP contribution >= 0.6 is 0 Å². The minimum absolute atomic E-state index is 0.259.